The molecule has 0 unspecified atom stereocenters. The Kier molecular flexibility index (Phi) is 3.72. The van der Waals surface area contributed by atoms with Crippen molar-refractivity contribution in [2.45, 2.75) is 30.6 Å². The fourth-order valence-corrected chi connectivity index (χ4v) is 3.16. The molecule has 0 bridgehead atoms. The van der Waals surface area contributed by atoms with Crippen LogP contribution in [0.2, 0.25) is 0 Å². The van der Waals surface area contributed by atoms with Crippen LogP contribution in [-0.4, -0.2) is 48.7 Å². The molecule has 2 saturated heterocycles. The highest BCUT2D eigenvalue weighted by Gasteiger charge is 2.38. The number of likely N-dealkylation sites (tertiary alicyclic amines) is 1. The van der Waals surface area contributed by atoms with Crippen LogP contribution >= 0.6 is 0 Å². The SMILES string of the molecule is N[C@@H]1CN(C(=O)[C@H]2C[C@H](F)CN2)C[C@H]1c1ccccc1. The molecule has 0 saturated carbocycles. The lowest BCUT2D eigenvalue weighted by molar-refractivity contribution is -0.132. The van der Waals surface area contributed by atoms with E-state index in [0.29, 0.717) is 13.1 Å². The van der Waals surface area contributed by atoms with Gasteiger partial charge < -0.3 is 16.0 Å². The molecule has 4 atom stereocenters. The maximum absolute atomic E-state index is 13.2. The Morgan fingerprint density at radius 1 is 1.30 bits per heavy atom. The third kappa shape index (κ3) is 2.55. The minimum absolute atomic E-state index is 0.0148. The molecule has 2 aliphatic heterocycles. The molecule has 1 amide bonds. The molecule has 5 heteroatoms. The number of benzene rings is 1. The first-order valence-electron chi connectivity index (χ1n) is 7.12. The number of hydrogen-bond acceptors (Lipinski definition) is 3. The van der Waals surface area contributed by atoms with E-state index in [4.69, 9.17) is 5.73 Å². The zero-order valence-corrected chi connectivity index (χ0v) is 11.3. The molecule has 2 aliphatic rings. The number of carbonyl (C=O) groups excluding carboxylic acids is 1. The number of rotatable bonds is 2. The number of nitrogens with two attached hydrogens (primary N) is 1. The molecule has 0 radical (unpaired) electrons. The Hall–Kier alpha value is -1.46. The lowest BCUT2D eigenvalue weighted by Crippen LogP contribution is -2.43. The fraction of sp³-hybridized carbons (Fsp3) is 0.533. The first-order valence-corrected chi connectivity index (χ1v) is 7.12. The van der Waals surface area contributed by atoms with Gasteiger partial charge in [-0.2, -0.15) is 0 Å². The molecule has 0 aromatic heterocycles. The molecule has 20 heavy (non-hydrogen) atoms. The highest BCUT2D eigenvalue weighted by molar-refractivity contribution is 5.82. The second-order valence-electron chi connectivity index (χ2n) is 5.72. The Balaban J connectivity index is 1.67. The summed E-state index contributed by atoms with van der Waals surface area (Å²) < 4.78 is 13.2. The molecule has 0 aliphatic carbocycles. The molecule has 1 aromatic rings. The first kappa shape index (κ1) is 13.5. The molecular formula is C15H20FN3O. The molecule has 2 fully saturated rings. The molecular weight excluding hydrogens is 257 g/mol. The van der Waals surface area contributed by atoms with Crippen molar-refractivity contribution in [3.8, 4) is 0 Å². The van der Waals surface area contributed by atoms with Gasteiger partial charge in [-0.1, -0.05) is 30.3 Å². The highest BCUT2D eigenvalue weighted by atomic mass is 19.1. The number of hydrogen-bond donors (Lipinski definition) is 2. The summed E-state index contributed by atoms with van der Waals surface area (Å²) in [5.41, 5.74) is 7.34. The zero-order chi connectivity index (χ0) is 14.1. The second kappa shape index (κ2) is 5.50. The van der Waals surface area contributed by atoms with Gasteiger partial charge in [-0.15, -0.1) is 0 Å². The van der Waals surface area contributed by atoms with E-state index >= 15 is 0 Å². The number of amides is 1. The maximum Gasteiger partial charge on any atom is 0.239 e. The number of alkyl halides is 1. The average molecular weight is 277 g/mol. The van der Waals surface area contributed by atoms with Crippen molar-refractivity contribution >= 4 is 5.91 Å². The van der Waals surface area contributed by atoms with Crippen molar-refractivity contribution in [2.24, 2.45) is 5.73 Å². The van der Waals surface area contributed by atoms with Crippen molar-refractivity contribution in [1.82, 2.24) is 10.2 Å². The minimum atomic E-state index is -0.912. The lowest BCUT2D eigenvalue weighted by atomic mass is 9.95. The van der Waals surface area contributed by atoms with Crippen molar-refractivity contribution in [2.75, 3.05) is 19.6 Å². The molecule has 4 nitrogen and oxygen atoms in total. The quantitative estimate of drug-likeness (QED) is 0.834. The zero-order valence-electron chi connectivity index (χ0n) is 11.3. The third-order valence-electron chi connectivity index (χ3n) is 4.28. The Bertz CT molecular complexity index is 481. The summed E-state index contributed by atoms with van der Waals surface area (Å²) in [5.74, 6) is 0.154. The summed E-state index contributed by atoms with van der Waals surface area (Å²) in [7, 11) is 0. The largest absolute Gasteiger partial charge is 0.339 e. The standard InChI is InChI=1S/C15H20FN3O/c16-11-6-14(18-7-11)15(20)19-8-12(13(17)9-19)10-4-2-1-3-5-10/h1-5,11-14,18H,6-9,17H2/t11-,12-,13+,14+/m0/s1. The van der Waals surface area contributed by atoms with Gasteiger partial charge in [-0.3, -0.25) is 4.79 Å². The number of nitrogens with zero attached hydrogens (tertiary/aromatic N) is 1. The van der Waals surface area contributed by atoms with E-state index < -0.39 is 6.17 Å². The topological polar surface area (TPSA) is 58.4 Å². The van der Waals surface area contributed by atoms with E-state index in [-0.39, 0.29) is 36.9 Å². The van der Waals surface area contributed by atoms with E-state index in [1.165, 1.54) is 0 Å². The monoisotopic (exact) mass is 277 g/mol. The summed E-state index contributed by atoms with van der Waals surface area (Å²) in [6.07, 6.45) is -0.634. The van der Waals surface area contributed by atoms with E-state index in [0.717, 1.165) is 5.56 Å². The van der Waals surface area contributed by atoms with Crippen LogP contribution in [0.4, 0.5) is 4.39 Å². The number of halogens is 1. The summed E-state index contributed by atoms with van der Waals surface area (Å²) in [4.78, 5) is 14.1. The molecule has 0 spiro atoms. The van der Waals surface area contributed by atoms with Gasteiger partial charge in [0.05, 0.1) is 6.04 Å². The van der Waals surface area contributed by atoms with E-state index in [1.54, 1.807) is 4.90 Å². The smallest absolute Gasteiger partial charge is 0.239 e. The average Bonchev–Trinajstić information content (AvgIpc) is 3.05. The van der Waals surface area contributed by atoms with Gasteiger partial charge in [0.2, 0.25) is 5.91 Å². The second-order valence-corrected chi connectivity index (χ2v) is 5.72. The predicted molar refractivity (Wildman–Crippen MR) is 75.0 cm³/mol. The van der Waals surface area contributed by atoms with Gasteiger partial charge in [0, 0.05) is 38.0 Å². The Morgan fingerprint density at radius 2 is 2.05 bits per heavy atom. The van der Waals surface area contributed by atoms with Gasteiger partial charge >= 0.3 is 0 Å². The van der Waals surface area contributed by atoms with Gasteiger partial charge in [-0.25, -0.2) is 4.39 Å². The lowest BCUT2D eigenvalue weighted by Gasteiger charge is -2.20. The molecule has 3 N–H and O–H groups in total. The first-order chi connectivity index (χ1) is 9.65. The Labute approximate surface area is 118 Å². The van der Waals surface area contributed by atoms with Crippen molar-refractivity contribution in [1.29, 1.82) is 0 Å². The van der Waals surface area contributed by atoms with E-state index in [9.17, 15) is 9.18 Å². The van der Waals surface area contributed by atoms with Crippen LogP contribution in [0.5, 0.6) is 0 Å². The number of carbonyl (C=O) groups is 1. The van der Waals surface area contributed by atoms with Crippen molar-refractivity contribution in [3.63, 3.8) is 0 Å². The van der Waals surface area contributed by atoms with E-state index in [2.05, 4.69) is 5.32 Å². The number of nitrogens with one attached hydrogen (secondary N) is 1. The van der Waals surface area contributed by atoms with Crippen molar-refractivity contribution < 1.29 is 9.18 Å². The van der Waals surface area contributed by atoms with E-state index in [1.807, 2.05) is 30.3 Å². The fourth-order valence-electron chi connectivity index (χ4n) is 3.16. The van der Waals surface area contributed by atoms with Crippen LogP contribution in [0, 0.1) is 0 Å². The minimum Gasteiger partial charge on any atom is -0.339 e. The van der Waals surface area contributed by atoms with Crippen LogP contribution < -0.4 is 11.1 Å². The van der Waals surface area contributed by atoms with Crippen LogP contribution in [-0.2, 0) is 4.79 Å². The predicted octanol–water partition coefficient (Wildman–Crippen LogP) is 0.640. The normalized spacial score (nSPS) is 33.6. The molecule has 1 aromatic carbocycles. The summed E-state index contributed by atoms with van der Waals surface area (Å²) in [6, 6.07) is 9.60. The van der Waals surface area contributed by atoms with Crippen LogP contribution in [0.1, 0.15) is 17.9 Å². The van der Waals surface area contributed by atoms with Crippen molar-refractivity contribution in [3.05, 3.63) is 35.9 Å². The van der Waals surface area contributed by atoms with Gasteiger partial charge in [0.25, 0.3) is 0 Å². The molecule has 3 rings (SSSR count). The summed E-state index contributed by atoms with van der Waals surface area (Å²) in [5, 5.41) is 2.95. The maximum atomic E-state index is 13.2. The molecule has 2 heterocycles. The van der Waals surface area contributed by atoms with Gasteiger partial charge in [0.15, 0.2) is 0 Å². The summed E-state index contributed by atoms with van der Waals surface area (Å²) >= 11 is 0. The Morgan fingerprint density at radius 3 is 2.70 bits per heavy atom. The van der Waals surface area contributed by atoms with Crippen LogP contribution in [0.25, 0.3) is 0 Å². The van der Waals surface area contributed by atoms with Gasteiger partial charge in [-0.05, 0) is 5.56 Å². The molecule has 108 valence electrons. The summed E-state index contributed by atoms with van der Waals surface area (Å²) in [6.45, 7) is 1.45. The third-order valence-corrected chi connectivity index (χ3v) is 4.28. The highest BCUT2D eigenvalue weighted by Crippen LogP contribution is 2.27. The van der Waals surface area contributed by atoms with Crippen LogP contribution in [0.3, 0.4) is 0 Å². The van der Waals surface area contributed by atoms with Crippen LogP contribution in [0.15, 0.2) is 30.3 Å². The van der Waals surface area contributed by atoms with Gasteiger partial charge in [0.1, 0.15) is 6.17 Å².